The van der Waals surface area contributed by atoms with Crippen LogP contribution in [0.4, 0.5) is 0 Å². The topological polar surface area (TPSA) is 112 Å². The van der Waals surface area contributed by atoms with Gasteiger partial charge in [-0.15, -0.1) is 0 Å². The number of hydrogen-bond donors (Lipinski definition) is 3. The van der Waals surface area contributed by atoms with Crippen molar-refractivity contribution >= 4 is 36.1 Å². The summed E-state index contributed by atoms with van der Waals surface area (Å²) in [7, 11) is -4.49. The van der Waals surface area contributed by atoms with Crippen LogP contribution in [0.25, 0.3) is 0 Å². The average molecular weight is 359 g/mol. The van der Waals surface area contributed by atoms with E-state index in [1.54, 1.807) is 0 Å². The Labute approximate surface area is 137 Å². The Morgan fingerprint density at radius 2 is 1.87 bits per heavy atom. The lowest BCUT2D eigenvalue weighted by Gasteiger charge is -2.29. The normalized spacial score (nSPS) is 18.2. The molecule has 6 nitrogen and oxygen atoms in total. The van der Waals surface area contributed by atoms with Crippen LogP contribution >= 0.6 is 19.2 Å². The van der Waals surface area contributed by atoms with Crippen molar-refractivity contribution in [3.05, 3.63) is 40.1 Å². The highest BCUT2D eigenvalue weighted by Gasteiger charge is 2.37. The molecule has 0 radical (unpaired) electrons. The third-order valence-corrected chi connectivity index (χ3v) is 4.88. The van der Waals surface area contributed by atoms with Crippen LogP contribution in [0.2, 0.25) is 5.02 Å². The maximum Gasteiger partial charge on any atom is 0.356 e. The molecule has 2 rings (SSSR count). The molecule has 0 heterocycles. The van der Waals surface area contributed by atoms with Gasteiger partial charge in [-0.05, 0) is 23.6 Å². The molecule has 0 amide bonds. The molecule has 3 N–H and O–H groups in total. The number of ketones is 2. The molecule has 23 heavy (non-hydrogen) atoms. The fourth-order valence-electron chi connectivity index (χ4n) is 2.55. The lowest BCUT2D eigenvalue weighted by molar-refractivity contribution is -0.118. The largest absolute Gasteiger partial charge is 0.511 e. The molecular weight excluding hydrogens is 343 g/mol. The van der Waals surface area contributed by atoms with Gasteiger partial charge in [0.2, 0.25) is 5.78 Å². The minimum atomic E-state index is -4.49. The number of rotatable bonds is 3. The Hall–Kier alpha value is -1.46. The summed E-state index contributed by atoms with van der Waals surface area (Å²) in [6, 6.07) is 3.21. The molecule has 0 aromatic heterocycles. The smallest absolute Gasteiger partial charge is 0.356 e. The van der Waals surface area contributed by atoms with E-state index in [0.29, 0.717) is 0 Å². The van der Waals surface area contributed by atoms with E-state index in [4.69, 9.17) is 21.4 Å². The van der Waals surface area contributed by atoms with Gasteiger partial charge in [-0.3, -0.25) is 14.2 Å². The van der Waals surface area contributed by atoms with Crippen LogP contribution in [0.3, 0.4) is 0 Å². The van der Waals surface area contributed by atoms with Gasteiger partial charge in [-0.1, -0.05) is 25.4 Å². The second kappa shape index (κ2) is 5.87. The van der Waals surface area contributed by atoms with Crippen molar-refractivity contribution in [2.75, 3.05) is 0 Å². The number of aliphatic hydroxyl groups excluding tert-OH is 1. The zero-order chi connectivity index (χ0) is 17.6. The van der Waals surface area contributed by atoms with Gasteiger partial charge in [0.15, 0.2) is 5.78 Å². The van der Waals surface area contributed by atoms with Crippen LogP contribution in [-0.2, 0) is 9.36 Å². The van der Waals surface area contributed by atoms with Crippen molar-refractivity contribution in [3.63, 3.8) is 0 Å². The molecule has 0 fully saturated rings. The number of carbonyl (C=O) groups is 2. The molecule has 1 aliphatic carbocycles. The Balaban J connectivity index is 2.46. The minimum absolute atomic E-state index is 0.0847. The standard InChI is InChI=1S/C15H16ClO6P/c1-15(2)6-11(17)13(12(18)7-15)14(19)9-4-3-8(5-10(9)16)23(20,21)22/h3-5,17H,6-7H2,1-2H3,(H2,20,21,22). The number of aliphatic hydroxyl groups is 1. The van der Waals surface area contributed by atoms with Gasteiger partial charge in [-0.25, -0.2) is 0 Å². The zero-order valence-corrected chi connectivity index (χ0v) is 14.2. The van der Waals surface area contributed by atoms with Gasteiger partial charge < -0.3 is 14.9 Å². The molecule has 0 spiro atoms. The molecular formula is C15H16ClO6P. The summed E-state index contributed by atoms with van der Waals surface area (Å²) in [4.78, 5) is 42.9. The van der Waals surface area contributed by atoms with Crippen LogP contribution in [0.5, 0.6) is 0 Å². The van der Waals surface area contributed by atoms with Crippen molar-refractivity contribution < 1.29 is 29.0 Å². The lowest BCUT2D eigenvalue weighted by Crippen LogP contribution is -2.29. The second-order valence-corrected chi connectivity index (χ2v) is 8.31. The molecule has 1 aromatic carbocycles. The highest BCUT2D eigenvalue weighted by molar-refractivity contribution is 7.60. The van der Waals surface area contributed by atoms with Crippen molar-refractivity contribution in [1.82, 2.24) is 0 Å². The first-order valence-corrected chi connectivity index (χ1v) is 8.77. The third-order valence-electron chi connectivity index (χ3n) is 3.61. The van der Waals surface area contributed by atoms with E-state index in [1.165, 1.54) is 0 Å². The van der Waals surface area contributed by atoms with Crippen LogP contribution in [0, 0.1) is 5.41 Å². The van der Waals surface area contributed by atoms with Crippen LogP contribution in [-0.4, -0.2) is 26.5 Å². The van der Waals surface area contributed by atoms with Crippen molar-refractivity contribution in [2.24, 2.45) is 5.41 Å². The summed E-state index contributed by atoms with van der Waals surface area (Å²) < 4.78 is 11.2. The molecule has 0 bridgehead atoms. The molecule has 8 heteroatoms. The van der Waals surface area contributed by atoms with E-state index >= 15 is 0 Å². The van der Waals surface area contributed by atoms with Gasteiger partial charge in [0, 0.05) is 18.4 Å². The van der Waals surface area contributed by atoms with E-state index in [0.717, 1.165) is 18.2 Å². The summed E-state index contributed by atoms with van der Waals surface area (Å²) in [5, 5.41) is 9.54. The van der Waals surface area contributed by atoms with Crippen molar-refractivity contribution in [3.8, 4) is 0 Å². The summed E-state index contributed by atoms with van der Waals surface area (Å²) >= 11 is 5.92. The van der Waals surface area contributed by atoms with E-state index in [-0.39, 0.29) is 40.1 Å². The predicted molar refractivity (Wildman–Crippen MR) is 85.1 cm³/mol. The SMILES string of the molecule is CC1(C)CC(=O)C(C(=O)c2ccc(P(=O)(O)O)cc2Cl)=C(O)C1. The molecule has 0 saturated heterocycles. The van der Waals surface area contributed by atoms with Crippen LogP contribution in [0.1, 0.15) is 37.0 Å². The van der Waals surface area contributed by atoms with Gasteiger partial charge >= 0.3 is 7.60 Å². The quantitative estimate of drug-likeness (QED) is 0.435. The highest BCUT2D eigenvalue weighted by Crippen LogP contribution is 2.38. The number of carbonyl (C=O) groups excluding carboxylic acids is 2. The Bertz CT molecular complexity index is 774. The van der Waals surface area contributed by atoms with E-state index < -0.39 is 24.6 Å². The van der Waals surface area contributed by atoms with Crippen molar-refractivity contribution in [2.45, 2.75) is 26.7 Å². The van der Waals surface area contributed by atoms with Gasteiger partial charge in [0.1, 0.15) is 11.3 Å². The monoisotopic (exact) mass is 358 g/mol. The fraction of sp³-hybridized carbons (Fsp3) is 0.333. The maximum absolute atomic E-state index is 12.5. The second-order valence-electron chi connectivity index (χ2n) is 6.30. The summed E-state index contributed by atoms with van der Waals surface area (Å²) in [6.07, 6.45) is 0.314. The first-order valence-electron chi connectivity index (χ1n) is 6.78. The highest BCUT2D eigenvalue weighted by atomic mass is 35.5. The Morgan fingerprint density at radius 1 is 1.26 bits per heavy atom. The molecule has 0 unspecified atom stereocenters. The number of Topliss-reactive ketones (excluding diaryl/α,β-unsaturated/α-hetero) is 2. The number of hydrogen-bond acceptors (Lipinski definition) is 4. The van der Waals surface area contributed by atoms with E-state index in [2.05, 4.69) is 0 Å². The number of halogens is 1. The minimum Gasteiger partial charge on any atom is -0.511 e. The van der Waals surface area contributed by atoms with E-state index in [9.17, 15) is 19.3 Å². The van der Waals surface area contributed by atoms with E-state index in [1.807, 2.05) is 13.8 Å². The Morgan fingerprint density at radius 3 is 2.35 bits per heavy atom. The maximum atomic E-state index is 12.5. The van der Waals surface area contributed by atoms with Gasteiger partial charge in [0.25, 0.3) is 0 Å². The van der Waals surface area contributed by atoms with Gasteiger partial charge in [-0.2, -0.15) is 0 Å². The van der Waals surface area contributed by atoms with Crippen LogP contribution < -0.4 is 5.30 Å². The first kappa shape index (κ1) is 17.9. The molecule has 0 saturated carbocycles. The molecule has 1 aliphatic rings. The lowest BCUT2D eigenvalue weighted by atomic mass is 9.75. The fourth-order valence-corrected chi connectivity index (χ4v) is 3.46. The summed E-state index contributed by atoms with van der Waals surface area (Å²) in [6.45, 7) is 3.62. The summed E-state index contributed by atoms with van der Waals surface area (Å²) in [5.41, 5.74) is -0.826. The predicted octanol–water partition coefficient (Wildman–Crippen LogP) is 2.53. The van der Waals surface area contributed by atoms with Crippen LogP contribution in [0.15, 0.2) is 29.5 Å². The molecule has 1 aromatic rings. The summed E-state index contributed by atoms with van der Waals surface area (Å²) in [5.74, 6) is -1.50. The third kappa shape index (κ3) is 3.72. The number of benzene rings is 1. The van der Waals surface area contributed by atoms with Gasteiger partial charge in [0.05, 0.1) is 10.3 Å². The number of allylic oxidation sites excluding steroid dienone is 2. The first-order chi connectivity index (χ1) is 10.4. The Kier molecular flexibility index (Phi) is 4.57. The molecule has 124 valence electrons. The average Bonchev–Trinajstić information content (AvgIpc) is 2.34. The zero-order valence-electron chi connectivity index (χ0n) is 12.5. The molecule has 0 atom stereocenters. The molecule has 0 aliphatic heterocycles. The van der Waals surface area contributed by atoms with Crippen molar-refractivity contribution in [1.29, 1.82) is 0 Å².